The van der Waals surface area contributed by atoms with Gasteiger partial charge in [-0.15, -0.1) is 0 Å². The minimum atomic E-state index is -0.616. The molecule has 1 unspecified atom stereocenters. The molecule has 0 saturated carbocycles. The first-order valence-electron chi connectivity index (χ1n) is 7.98. The average Bonchev–Trinajstić information content (AvgIpc) is 2.79. The highest BCUT2D eigenvalue weighted by Crippen LogP contribution is 2.39. The van der Waals surface area contributed by atoms with Gasteiger partial charge < -0.3 is 14.4 Å². The molecule has 3 rings (SSSR count). The lowest BCUT2D eigenvalue weighted by molar-refractivity contribution is 0.0171. The van der Waals surface area contributed by atoms with Gasteiger partial charge in [0.25, 0.3) is 0 Å². The molecule has 1 aromatic carbocycles. The van der Waals surface area contributed by atoms with Crippen LogP contribution in [0.15, 0.2) is 18.2 Å². The Balaban J connectivity index is 1.78. The molecule has 23 heavy (non-hydrogen) atoms. The molecule has 1 spiro atoms. The quantitative estimate of drug-likeness (QED) is 0.736. The Morgan fingerprint density at radius 3 is 2.78 bits per heavy atom. The molecule has 1 atom stereocenters. The van der Waals surface area contributed by atoms with Gasteiger partial charge in [0.2, 0.25) is 0 Å². The van der Waals surface area contributed by atoms with E-state index in [1.165, 1.54) is 0 Å². The molecule has 5 nitrogen and oxygen atoms in total. The van der Waals surface area contributed by atoms with Crippen molar-refractivity contribution < 1.29 is 19.1 Å². The standard InChI is InChI=1S/C18H23NO4/c1-12-5-6-13-14(20)10-18(22-15(13)9-12)7-8-19(11-18)16(21)23-17(2,3)4/h5-6,9H,7-8,10-11H2,1-4H3. The molecule has 5 heteroatoms. The van der Waals surface area contributed by atoms with Crippen molar-refractivity contribution in [2.45, 2.75) is 51.7 Å². The van der Waals surface area contributed by atoms with Gasteiger partial charge in [0, 0.05) is 13.0 Å². The molecule has 1 saturated heterocycles. The van der Waals surface area contributed by atoms with Crippen LogP contribution in [0.2, 0.25) is 0 Å². The van der Waals surface area contributed by atoms with Crippen molar-refractivity contribution in [3.05, 3.63) is 29.3 Å². The number of fused-ring (bicyclic) bond motifs is 1. The molecule has 124 valence electrons. The molecular formula is C18H23NO4. The summed E-state index contributed by atoms with van der Waals surface area (Å²) in [6, 6.07) is 5.63. The number of benzene rings is 1. The highest BCUT2D eigenvalue weighted by molar-refractivity contribution is 6.00. The number of carbonyl (C=O) groups excluding carboxylic acids is 2. The number of amides is 1. The second-order valence-corrected chi connectivity index (χ2v) is 7.54. The Morgan fingerprint density at radius 2 is 2.09 bits per heavy atom. The van der Waals surface area contributed by atoms with Gasteiger partial charge in [-0.2, -0.15) is 0 Å². The summed E-state index contributed by atoms with van der Waals surface area (Å²) in [5, 5.41) is 0. The van der Waals surface area contributed by atoms with E-state index in [2.05, 4.69) is 0 Å². The van der Waals surface area contributed by atoms with Crippen molar-refractivity contribution in [3.8, 4) is 5.75 Å². The Hall–Kier alpha value is -2.04. The second kappa shape index (κ2) is 5.25. The maximum atomic E-state index is 12.4. The summed E-state index contributed by atoms with van der Waals surface area (Å²) < 4.78 is 11.6. The minimum absolute atomic E-state index is 0.0808. The fourth-order valence-electron chi connectivity index (χ4n) is 3.16. The highest BCUT2D eigenvalue weighted by Gasteiger charge is 2.47. The van der Waals surface area contributed by atoms with Gasteiger partial charge in [-0.05, 0) is 45.4 Å². The maximum Gasteiger partial charge on any atom is 0.410 e. The van der Waals surface area contributed by atoms with Gasteiger partial charge in [0.15, 0.2) is 5.78 Å². The SMILES string of the molecule is Cc1ccc2c(c1)OC1(CCN(C(=O)OC(C)(C)C)C1)CC2=O. The first kappa shape index (κ1) is 15.8. The van der Waals surface area contributed by atoms with Crippen molar-refractivity contribution in [3.63, 3.8) is 0 Å². The maximum absolute atomic E-state index is 12.4. The van der Waals surface area contributed by atoms with Crippen LogP contribution >= 0.6 is 0 Å². The number of Topliss-reactive ketones (excluding diaryl/α,β-unsaturated/α-hetero) is 1. The van der Waals surface area contributed by atoms with Crippen LogP contribution in [-0.2, 0) is 4.74 Å². The number of hydrogen-bond acceptors (Lipinski definition) is 4. The number of nitrogens with zero attached hydrogens (tertiary/aromatic N) is 1. The Labute approximate surface area is 136 Å². The van der Waals surface area contributed by atoms with E-state index in [1.807, 2.05) is 45.9 Å². The largest absolute Gasteiger partial charge is 0.484 e. The third-order valence-corrected chi connectivity index (χ3v) is 4.21. The monoisotopic (exact) mass is 317 g/mol. The molecule has 2 aliphatic rings. The molecule has 1 fully saturated rings. The molecule has 1 amide bonds. The topological polar surface area (TPSA) is 55.8 Å². The Bertz CT molecular complexity index is 661. The molecule has 0 bridgehead atoms. The number of ketones is 1. The first-order valence-corrected chi connectivity index (χ1v) is 7.98. The predicted octanol–water partition coefficient (Wildman–Crippen LogP) is 3.34. The van der Waals surface area contributed by atoms with Crippen LogP contribution in [0.5, 0.6) is 5.75 Å². The van der Waals surface area contributed by atoms with E-state index in [1.54, 1.807) is 4.90 Å². The molecule has 1 aromatic rings. The number of hydrogen-bond donors (Lipinski definition) is 0. The Morgan fingerprint density at radius 1 is 1.35 bits per heavy atom. The van der Waals surface area contributed by atoms with Crippen molar-refractivity contribution in [1.29, 1.82) is 0 Å². The number of ether oxygens (including phenoxy) is 2. The third kappa shape index (κ3) is 3.19. The van der Waals surface area contributed by atoms with Crippen molar-refractivity contribution in [2.75, 3.05) is 13.1 Å². The van der Waals surface area contributed by atoms with Gasteiger partial charge in [0.1, 0.15) is 17.0 Å². The summed E-state index contributed by atoms with van der Waals surface area (Å²) >= 11 is 0. The van der Waals surface area contributed by atoms with Crippen molar-refractivity contribution >= 4 is 11.9 Å². The van der Waals surface area contributed by atoms with Gasteiger partial charge in [-0.1, -0.05) is 6.07 Å². The fourth-order valence-corrected chi connectivity index (χ4v) is 3.16. The van der Waals surface area contributed by atoms with Crippen LogP contribution in [0.1, 0.15) is 49.5 Å². The van der Waals surface area contributed by atoms with Crippen molar-refractivity contribution in [1.82, 2.24) is 4.90 Å². The lowest BCUT2D eigenvalue weighted by Crippen LogP contribution is -2.46. The molecule has 0 N–H and O–H groups in total. The van der Waals surface area contributed by atoms with E-state index in [9.17, 15) is 9.59 Å². The predicted molar refractivity (Wildman–Crippen MR) is 85.9 cm³/mol. The number of carbonyl (C=O) groups is 2. The lowest BCUT2D eigenvalue weighted by Gasteiger charge is -2.35. The Kier molecular flexibility index (Phi) is 3.62. The van der Waals surface area contributed by atoms with Crippen LogP contribution in [-0.4, -0.2) is 41.1 Å². The van der Waals surface area contributed by atoms with Crippen LogP contribution < -0.4 is 4.74 Å². The van der Waals surface area contributed by atoms with E-state index in [0.717, 1.165) is 5.56 Å². The van der Waals surface area contributed by atoms with Crippen molar-refractivity contribution in [2.24, 2.45) is 0 Å². The zero-order valence-electron chi connectivity index (χ0n) is 14.1. The summed E-state index contributed by atoms with van der Waals surface area (Å²) in [6.45, 7) is 8.44. The van der Waals surface area contributed by atoms with Crippen LogP contribution in [0.4, 0.5) is 4.79 Å². The zero-order valence-corrected chi connectivity index (χ0v) is 14.1. The lowest BCUT2D eigenvalue weighted by atomic mass is 9.89. The summed E-state index contributed by atoms with van der Waals surface area (Å²) in [4.78, 5) is 26.3. The first-order chi connectivity index (χ1) is 10.7. The van der Waals surface area contributed by atoms with Gasteiger partial charge in [-0.25, -0.2) is 4.79 Å². The van der Waals surface area contributed by atoms with Crippen LogP contribution in [0.25, 0.3) is 0 Å². The molecule has 0 aromatic heterocycles. The fraction of sp³-hybridized carbons (Fsp3) is 0.556. The number of likely N-dealkylation sites (tertiary alicyclic amines) is 1. The van der Waals surface area contributed by atoms with E-state index in [-0.39, 0.29) is 11.9 Å². The van der Waals surface area contributed by atoms with E-state index in [0.29, 0.717) is 37.2 Å². The smallest absolute Gasteiger partial charge is 0.410 e. The van der Waals surface area contributed by atoms with E-state index < -0.39 is 11.2 Å². The normalized spacial score (nSPS) is 23.7. The van der Waals surface area contributed by atoms with Crippen LogP contribution in [0, 0.1) is 6.92 Å². The summed E-state index contributed by atoms with van der Waals surface area (Å²) in [5.41, 5.74) is 0.543. The van der Waals surface area contributed by atoms with Gasteiger partial charge in [-0.3, -0.25) is 4.79 Å². The van der Waals surface area contributed by atoms with Crippen LogP contribution in [0.3, 0.4) is 0 Å². The van der Waals surface area contributed by atoms with Gasteiger partial charge >= 0.3 is 6.09 Å². The molecule has 0 aliphatic carbocycles. The van der Waals surface area contributed by atoms with E-state index >= 15 is 0 Å². The highest BCUT2D eigenvalue weighted by atomic mass is 16.6. The summed E-state index contributed by atoms with van der Waals surface area (Å²) in [6.07, 6.45) is 0.605. The van der Waals surface area contributed by atoms with Gasteiger partial charge in [0.05, 0.1) is 18.5 Å². The number of rotatable bonds is 0. The second-order valence-electron chi connectivity index (χ2n) is 7.54. The molecule has 2 aliphatic heterocycles. The minimum Gasteiger partial charge on any atom is -0.484 e. The summed E-state index contributed by atoms with van der Waals surface area (Å²) in [7, 11) is 0. The molecular weight excluding hydrogens is 294 g/mol. The zero-order chi connectivity index (χ0) is 16.8. The summed E-state index contributed by atoms with van der Waals surface area (Å²) in [5.74, 6) is 0.713. The number of aryl methyl sites for hydroxylation is 1. The molecule has 2 heterocycles. The van der Waals surface area contributed by atoms with E-state index in [4.69, 9.17) is 9.47 Å². The average molecular weight is 317 g/mol. The third-order valence-electron chi connectivity index (χ3n) is 4.21. The molecule has 0 radical (unpaired) electrons.